The van der Waals surface area contributed by atoms with Gasteiger partial charge >= 0.3 is 0 Å². The van der Waals surface area contributed by atoms with Gasteiger partial charge in [-0.3, -0.25) is 10.1 Å². The summed E-state index contributed by atoms with van der Waals surface area (Å²) in [6, 6.07) is 6.38. The van der Waals surface area contributed by atoms with Gasteiger partial charge in [0.25, 0.3) is 5.69 Å². The van der Waals surface area contributed by atoms with Crippen molar-refractivity contribution in [3.63, 3.8) is 0 Å². The average Bonchev–Trinajstić information content (AvgIpc) is 2.58. The molecule has 0 unspecified atom stereocenters. The van der Waals surface area contributed by atoms with Crippen molar-refractivity contribution in [2.45, 2.75) is 9.79 Å². The third-order valence-electron chi connectivity index (χ3n) is 3.21. The van der Waals surface area contributed by atoms with Gasteiger partial charge in [-0.2, -0.15) is 5.26 Å². The summed E-state index contributed by atoms with van der Waals surface area (Å²) >= 11 is 4.17. The Bertz CT molecular complexity index is 943. The zero-order chi connectivity index (χ0) is 19.4. The molecule has 5 nitrogen and oxygen atoms in total. The Balaban J connectivity index is 2.57. The Hall–Kier alpha value is -2.44. The number of nitro benzene ring substituents is 1. The summed E-state index contributed by atoms with van der Waals surface area (Å²) in [5, 5.41) is 20.2. The molecule has 0 fully saturated rings. The highest BCUT2D eigenvalue weighted by molar-refractivity contribution is 9.10. The zero-order valence-electron chi connectivity index (χ0n) is 13.7. The Kier molecular flexibility index (Phi) is 6.34. The molecule has 0 aliphatic rings. The number of benzene rings is 2. The van der Waals surface area contributed by atoms with Gasteiger partial charge in [0.2, 0.25) is 0 Å². The summed E-state index contributed by atoms with van der Waals surface area (Å²) in [5.74, 6) is -1.46. The van der Waals surface area contributed by atoms with E-state index < -0.39 is 16.6 Å². The third kappa shape index (κ3) is 4.39. The first kappa shape index (κ1) is 19.9. The molecule has 0 atom stereocenters. The van der Waals surface area contributed by atoms with Gasteiger partial charge in [0.05, 0.1) is 27.0 Å². The minimum Gasteiger partial charge on any atom is -0.383 e. The van der Waals surface area contributed by atoms with Crippen LogP contribution in [0.3, 0.4) is 0 Å². The maximum Gasteiger partial charge on any atom is 0.280 e. The van der Waals surface area contributed by atoms with E-state index in [1.54, 1.807) is 31.3 Å². The highest BCUT2D eigenvalue weighted by atomic mass is 79.9. The van der Waals surface area contributed by atoms with Gasteiger partial charge in [-0.05, 0) is 46.4 Å². The lowest BCUT2D eigenvalue weighted by atomic mass is 10.1. The normalized spacial score (nSPS) is 10.8. The van der Waals surface area contributed by atoms with Crippen LogP contribution in [0.5, 0.6) is 0 Å². The van der Waals surface area contributed by atoms with E-state index in [-0.39, 0.29) is 26.2 Å². The van der Waals surface area contributed by atoms with Crippen LogP contribution in [0, 0.1) is 33.1 Å². The van der Waals surface area contributed by atoms with Crippen LogP contribution in [0.1, 0.15) is 11.1 Å². The third-order valence-corrected chi connectivity index (χ3v) is 5.39. The largest absolute Gasteiger partial charge is 0.383 e. The van der Waals surface area contributed by atoms with E-state index >= 15 is 0 Å². The van der Waals surface area contributed by atoms with Crippen LogP contribution in [0.2, 0.25) is 0 Å². The number of nitriles is 1. The van der Waals surface area contributed by atoms with Crippen molar-refractivity contribution in [1.29, 1.82) is 5.26 Å². The van der Waals surface area contributed by atoms with E-state index in [1.807, 2.05) is 0 Å². The van der Waals surface area contributed by atoms with E-state index in [0.717, 1.165) is 23.9 Å². The number of nitro groups is 1. The fraction of sp³-hybridized carbons (Fsp3) is 0.118. The van der Waals surface area contributed by atoms with Crippen molar-refractivity contribution in [2.24, 2.45) is 0 Å². The second-order valence-corrected chi connectivity index (χ2v) is 7.20. The fourth-order valence-corrected chi connectivity index (χ4v) is 3.67. The molecule has 0 heterocycles. The van der Waals surface area contributed by atoms with E-state index in [9.17, 15) is 18.9 Å². The maximum absolute atomic E-state index is 14.5. The molecule has 0 aliphatic heterocycles. The highest BCUT2D eigenvalue weighted by Gasteiger charge is 2.23. The van der Waals surface area contributed by atoms with Crippen molar-refractivity contribution in [2.75, 3.05) is 14.1 Å². The molecular weight excluding hydrogens is 428 g/mol. The Morgan fingerprint density at radius 1 is 1.31 bits per heavy atom. The van der Waals surface area contributed by atoms with Crippen molar-refractivity contribution in [3.8, 4) is 6.07 Å². The first-order chi connectivity index (χ1) is 12.2. The SMILES string of the molecule is CN(C)/C=C/c1c([N+](=O)[O-])cc(F)c(Sc2ccc(F)c(C#N)c2)c1Br. The number of hydrogen-bond donors (Lipinski definition) is 0. The average molecular weight is 440 g/mol. The second-order valence-electron chi connectivity index (χ2n) is 5.33. The smallest absolute Gasteiger partial charge is 0.280 e. The molecule has 134 valence electrons. The second kappa shape index (κ2) is 8.29. The van der Waals surface area contributed by atoms with E-state index in [0.29, 0.717) is 4.90 Å². The van der Waals surface area contributed by atoms with E-state index in [2.05, 4.69) is 15.9 Å². The molecule has 2 aromatic carbocycles. The van der Waals surface area contributed by atoms with Crippen molar-refractivity contribution in [3.05, 3.63) is 67.8 Å². The lowest BCUT2D eigenvalue weighted by molar-refractivity contribution is -0.385. The zero-order valence-corrected chi connectivity index (χ0v) is 16.1. The maximum atomic E-state index is 14.5. The molecule has 2 aromatic rings. The molecule has 0 amide bonds. The summed E-state index contributed by atoms with van der Waals surface area (Å²) in [7, 11) is 3.49. The number of nitrogens with zero attached hydrogens (tertiary/aromatic N) is 3. The number of halogens is 3. The first-order valence-corrected chi connectivity index (χ1v) is 8.74. The van der Waals surface area contributed by atoms with Gasteiger partial charge in [-0.15, -0.1) is 0 Å². The summed E-state index contributed by atoms with van der Waals surface area (Å²) in [6.07, 6.45) is 3.10. The van der Waals surface area contributed by atoms with E-state index in [4.69, 9.17) is 5.26 Å². The molecule has 26 heavy (non-hydrogen) atoms. The van der Waals surface area contributed by atoms with Crippen molar-refractivity contribution >= 4 is 39.5 Å². The van der Waals surface area contributed by atoms with Crippen LogP contribution >= 0.6 is 27.7 Å². The van der Waals surface area contributed by atoms with Gasteiger partial charge in [0, 0.05) is 23.5 Å². The Morgan fingerprint density at radius 3 is 2.58 bits per heavy atom. The Labute approximate surface area is 161 Å². The summed E-state index contributed by atoms with van der Waals surface area (Å²) in [5.41, 5.74) is -0.343. The minimum absolute atomic E-state index is 0.101. The van der Waals surface area contributed by atoms with Crippen LogP contribution < -0.4 is 0 Å². The monoisotopic (exact) mass is 439 g/mol. The quantitative estimate of drug-likeness (QED) is 0.473. The molecule has 0 saturated heterocycles. The van der Waals surface area contributed by atoms with Crippen LogP contribution in [0.15, 0.2) is 44.7 Å². The van der Waals surface area contributed by atoms with Gasteiger partial charge < -0.3 is 4.90 Å². The topological polar surface area (TPSA) is 70.2 Å². The molecule has 9 heteroatoms. The lowest BCUT2D eigenvalue weighted by Gasteiger charge is -2.11. The molecule has 0 spiro atoms. The number of hydrogen-bond acceptors (Lipinski definition) is 5. The molecule has 2 rings (SSSR count). The minimum atomic E-state index is -0.793. The summed E-state index contributed by atoms with van der Waals surface area (Å²) < 4.78 is 28.1. The summed E-state index contributed by atoms with van der Waals surface area (Å²) in [6.45, 7) is 0. The van der Waals surface area contributed by atoms with Crippen LogP contribution in [0.4, 0.5) is 14.5 Å². The van der Waals surface area contributed by atoms with Crippen LogP contribution in [-0.4, -0.2) is 23.9 Å². The van der Waals surface area contributed by atoms with Crippen LogP contribution in [0.25, 0.3) is 6.08 Å². The van der Waals surface area contributed by atoms with Gasteiger partial charge in [0.1, 0.15) is 17.7 Å². The van der Waals surface area contributed by atoms with Gasteiger partial charge in [-0.1, -0.05) is 11.8 Å². The van der Waals surface area contributed by atoms with Crippen molar-refractivity contribution < 1.29 is 13.7 Å². The predicted octanol–water partition coefficient (Wildman–Crippen LogP) is 5.19. The molecule has 0 bridgehead atoms. The highest BCUT2D eigenvalue weighted by Crippen LogP contribution is 2.42. The van der Waals surface area contributed by atoms with Crippen LogP contribution in [-0.2, 0) is 0 Å². The molecule has 0 aliphatic carbocycles. The summed E-state index contributed by atoms with van der Waals surface area (Å²) in [4.78, 5) is 12.8. The number of rotatable bonds is 5. The molecular formula is C17H12BrF2N3O2S. The predicted molar refractivity (Wildman–Crippen MR) is 98.7 cm³/mol. The first-order valence-electron chi connectivity index (χ1n) is 7.13. The Morgan fingerprint density at radius 2 is 2.00 bits per heavy atom. The standard InChI is InChI=1S/C17H12BrF2N3O2S/c1-22(2)6-5-12-15(23(24)25)8-14(20)17(16(12)18)26-11-3-4-13(19)10(7-11)9-21/h3-8H,1-2H3/b6-5+. The lowest BCUT2D eigenvalue weighted by Crippen LogP contribution is -2.01. The van der Waals surface area contributed by atoms with Crippen molar-refractivity contribution in [1.82, 2.24) is 4.90 Å². The molecule has 0 aromatic heterocycles. The molecule has 0 saturated carbocycles. The van der Waals surface area contributed by atoms with E-state index in [1.165, 1.54) is 18.2 Å². The molecule has 0 radical (unpaired) electrons. The van der Waals surface area contributed by atoms with Gasteiger partial charge in [-0.25, -0.2) is 8.78 Å². The fourth-order valence-electron chi connectivity index (χ4n) is 2.00. The molecule has 0 N–H and O–H groups in total. The van der Waals surface area contributed by atoms with Gasteiger partial charge in [0.15, 0.2) is 0 Å².